The Bertz CT molecular complexity index is 554. The Labute approximate surface area is 112 Å². The quantitative estimate of drug-likeness (QED) is 0.837. The van der Waals surface area contributed by atoms with Crippen molar-refractivity contribution in [2.45, 2.75) is 26.3 Å². The molecule has 2 aromatic rings. The van der Waals surface area contributed by atoms with E-state index in [2.05, 4.69) is 28.6 Å². The first-order valence-electron chi connectivity index (χ1n) is 6.14. The summed E-state index contributed by atoms with van der Waals surface area (Å²) in [5.74, 6) is 0.895. The fourth-order valence-electron chi connectivity index (χ4n) is 2.00. The van der Waals surface area contributed by atoms with E-state index >= 15 is 0 Å². The van der Waals surface area contributed by atoms with Gasteiger partial charge in [0.05, 0.1) is 7.11 Å². The van der Waals surface area contributed by atoms with E-state index in [1.54, 1.807) is 7.11 Å². The van der Waals surface area contributed by atoms with Gasteiger partial charge in [-0.1, -0.05) is 19.1 Å². The van der Waals surface area contributed by atoms with Gasteiger partial charge in [-0.2, -0.15) is 0 Å². The van der Waals surface area contributed by atoms with Crippen molar-refractivity contribution < 1.29 is 4.74 Å². The summed E-state index contributed by atoms with van der Waals surface area (Å²) in [7, 11) is 1.68. The maximum absolute atomic E-state index is 5.28. The number of nitrogens with zero attached hydrogens (tertiary/aromatic N) is 1. The maximum Gasteiger partial charge on any atom is 0.177 e. The van der Waals surface area contributed by atoms with Crippen molar-refractivity contribution in [3.8, 4) is 5.75 Å². The van der Waals surface area contributed by atoms with Crippen LogP contribution in [0.15, 0.2) is 30.5 Å². The van der Waals surface area contributed by atoms with Gasteiger partial charge in [-0.3, -0.25) is 0 Å². The maximum atomic E-state index is 5.28. The molecule has 4 heteroatoms. The number of aryl methyl sites for hydroxylation is 2. The van der Waals surface area contributed by atoms with Gasteiger partial charge in [0.25, 0.3) is 0 Å². The minimum atomic E-state index is 0.806. The lowest BCUT2D eigenvalue weighted by molar-refractivity contribution is 0.414. The highest BCUT2D eigenvalue weighted by molar-refractivity contribution is 7.71. The molecule has 1 aromatic heterocycles. The minimum Gasteiger partial charge on any atom is -0.497 e. The highest BCUT2D eigenvalue weighted by atomic mass is 32.1. The second-order valence-corrected chi connectivity index (χ2v) is 4.58. The lowest BCUT2D eigenvalue weighted by Gasteiger charge is -2.07. The van der Waals surface area contributed by atoms with Gasteiger partial charge in [0.15, 0.2) is 4.77 Å². The minimum absolute atomic E-state index is 0.806. The Balaban J connectivity index is 2.06. The molecule has 1 aromatic carbocycles. The van der Waals surface area contributed by atoms with Crippen LogP contribution < -0.4 is 4.74 Å². The normalized spacial score (nSPS) is 10.6. The Morgan fingerprint density at radius 2 is 2.00 bits per heavy atom. The van der Waals surface area contributed by atoms with Crippen molar-refractivity contribution in [1.82, 2.24) is 9.55 Å². The highest BCUT2D eigenvalue weighted by Crippen LogP contribution is 2.13. The van der Waals surface area contributed by atoms with Crippen LogP contribution in [0.25, 0.3) is 0 Å². The van der Waals surface area contributed by atoms with Crippen LogP contribution in [-0.4, -0.2) is 16.7 Å². The van der Waals surface area contributed by atoms with Crippen molar-refractivity contribution in [3.05, 3.63) is 46.5 Å². The first-order chi connectivity index (χ1) is 8.74. The molecule has 0 fully saturated rings. The standard InChI is InChI=1S/C14H18N2OS/c1-3-12-10-15-14(18)16(12)9-8-11-4-6-13(17-2)7-5-11/h4-7,10H,3,8-9H2,1-2H3,(H,15,18). The number of methoxy groups -OCH3 is 1. The van der Waals surface area contributed by atoms with Gasteiger partial charge in [0.2, 0.25) is 0 Å². The third-order valence-corrected chi connectivity index (χ3v) is 3.44. The number of ether oxygens (including phenoxy) is 1. The molecule has 1 N–H and O–H groups in total. The zero-order valence-corrected chi connectivity index (χ0v) is 11.6. The summed E-state index contributed by atoms with van der Waals surface area (Å²) in [4.78, 5) is 3.10. The predicted molar refractivity (Wildman–Crippen MR) is 75.7 cm³/mol. The van der Waals surface area contributed by atoms with Crippen molar-refractivity contribution in [1.29, 1.82) is 0 Å². The average molecular weight is 262 g/mol. The van der Waals surface area contributed by atoms with Gasteiger partial charge in [0, 0.05) is 18.4 Å². The van der Waals surface area contributed by atoms with E-state index in [9.17, 15) is 0 Å². The molecule has 0 saturated heterocycles. The van der Waals surface area contributed by atoms with Gasteiger partial charge in [-0.15, -0.1) is 0 Å². The summed E-state index contributed by atoms with van der Waals surface area (Å²) < 4.78 is 8.12. The monoisotopic (exact) mass is 262 g/mol. The third kappa shape index (κ3) is 2.82. The molecular weight excluding hydrogens is 244 g/mol. The summed E-state index contributed by atoms with van der Waals surface area (Å²) in [6.45, 7) is 3.06. The van der Waals surface area contributed by atoms with E-state index in [1.165, 1.54) is 11.3 Å². The van der Waals surface area contributed by atoms with E-state index in [1.807, 2.05) is 18.3 Å². The molecule has 0 aliphatic rings. The second-order valence-electron chi connectivity index (χ2n) is 4.19. The van der Waals surface area contributed by atoms with Crippen LogP contribution in [0.1, 0.15) is 18.2 Å². The van der Waals surface area contributed by atoms with Crippen molar-refractivity contribution >= 4 is 12.2 Å². The largest absolute Gasteiger partial charge is 0.497 e. The molecule has 96 valence electrons. The molecule has 0 unspecified atom stereocenters. The smallest absolute Gasteiger partial charge is 0.177 e. The number of aromatic amines is 1. The molecule has 0 radical (unpaired) electrons. The molecule has 1 heterocycles. The molecule has 0 spiro atoms. The van der Waals surface area contributed by atoms with Crippen LogP contribution >= 0.6 is 12.2 Å². The summed E-state index contributed by atoms with van der Waals surface area (Å²) in [5.41, 5.74) is 2.55. The summed E-state index contributed by atoms with van der Waals surface area (Å²) in [6.07, 6.45) is 3.97. The zero-order valence-electron chi connectivity index (χ0n) is 10.8. The number of rotatable bonds is 5. The molecule has 0 aliphatic carbocycles. The molecule has 0 amide bonds. The molecule has 0 saturated carbocycles. The fraction of sp³-hybridized carbons (Fsp3) is 0.357. The van der Waals surface area contributed by atoms with Gasteiger partial charge in [0.1, 0.15) is 5.75 Å². The van der Waals surface area contributed by atoms with Crippen LogP contribution in [0.4, 0.5) is 0 Å². The lowest BCUT2D eigenvalue weighted by atomic mass is 10.1. The van der Waals surface area contributed by atoms with Gasteiger partial charge in [-0.25, -0.2) is 0 Å². The van der Waals surface area contributed by atoms with Crippen LogP contribution in [0.5, 0.6) is 5.75 Å². The summed E-state index contributed by atoms with van der Waals surface area (Å²) in [6, 6.07) is 8.18. The molecule has 0 bridgehead atoms. The van der Waals surface area contributed by atoms with Gasteiger partial charge in [-0.05, 0) is 42.8 Å². The van der Waals surface area contributed by atoms with E-state index in [0.717, 1.165) is 29.9 Å². The Morgan fingerprint density at radius 3 is 2.61 bits per heavy atom. The van der Waals surface area contributed by atoms with Gasteiger partial charge >= 0.3 is 0 Å². The highest BCUT2D eigenvalue weighted by Gasteiger charge is 2.02. The lowest BCUT2D eigenvalue weighted by Crippen LogP contribution is -2.05. The predicted octanol–water partition coefficient (Wildman–Crippen LogP) is 3.36. The number of benzene rings is 1. The van der Waals surface area contributed by atoms with E-state index in [4.69, 9.17) is 17.0 Å². The van der Waals surface area contributed by atoms with Crippen molar-refractivity contribution in [3.63, 3.8) is 0 Å². The van der Waals surface area contributed by atoms with E-state index in [-0.39, 0.29) is 0 Å². The number of hydrogen-bond donors (Lipinski definition) is 1. The topological polar surface area (TPSA) is 29.9 Å². The number of nitrogens with one attached hydrogen (secondary N) is 1. The summed E-state index contributed by atoms with van der Waals surface area (Å²) in [5, 5.41) is 0. The van der Waals surface area contributed by atoms with Crippen molar-refractivity contribution in [2.24, 2.45) is 0 Å². The molecular formula is C14H18N2OS. The van der Waals surface area contributed by atoms with E-state index < -0.39 is 0 Å². The SMILES string of the molecule is CCc1c[nH]c(=S)n1CCc1ccc(OC)cc1. The van der Waals surface area contributed by atoms with Crippen LogP contribution in [0.3, 0.4) is 0 Å². The van der Waals surface area contributed by atoms with Crippen molar-refractivity contribution in [2.75, 3.05) is 7.11 Å². The van der Waals surface area contributed by atoms with E-state index in [0.29, 0.717) is 0 Å². The summed E-state index contributed by atoms with van der Waals surface area (Å²) >= 11 is 5.28. The first-order valence-corrected chi connectivity index (χ1v) is 6.55. The average Bonchev–Trinajstić information content (AvgIpc) is 2.77. The number of imidazole rings is 1. The number of H-pyrrole nitrogens is 1. The second kappa shape index (κ2) is 5.87. The molecule has 0 atom stereocenters. The number of hydrogen-bond acceptors (Lipinski definition) is 2. The fourth-order valence-corrected chi connectivity index (χ4v) is 2.27. The Morgan fingerprint density at radius 1 is 1.28 bits per heavy atom. The molecule has 0 aliphatic heterocycles. The zero-order chi connectivity index (χ0) is 13.0. The van der Waals surface area contributed by atoms with Crippen LogP contribution in [0.2, 0.25) is 0 Å². The Hall–Kier alpha value is -1.55. The van der Waals surface area contributed by atoms with Crippen LogP contribution in [0, 0.1) is 4.77 Å². The molecule has 2 rings (SSSR count). The third-order valence-electron chi connectivity index (χ3n) is 3.10. The molecule has 18 heavy (non-hydrogen) atoms. The molecule has 3 nitrogen and oxygen atoms in total. The van der Waals surface area contributed by atoms with Gasteiger partial charge < -0.3 is 14.3 Å². The Kier molecular flexibility index (Phi) is 4.20. The number of aromatic nitrogens is 2. The first kappa shape index (κ1) is 12.9. The van der Waals surface area contributed by atoms with Crippen LogP contribution in [-0.2, 0) is 19.4 Å².